The number of hydrogen-bond donors (Lipinski definition) is 0. The molecule has 0 N–H and O–H groups in total. The van der Waals surface area contributed by atoms with E-state index < -0.39 is 0 Å². The van der Waals surface area contributed by atoms with Crippen molar-refractivity contribution in [2.24, 2.45) is 0 Å². The Kier molecular flexibility index (Phi) is 6.52. The van der Waals surface area contributed by atoms with Crippen molar-refractivity contribution in [1.29, 1.82) is 0 Å². The minimum absolute atomic E-state index is 0.215. The van der Waals surface area contributed by atoms with Gasteiger partial charge in [0.25, 0.3) is 5.56 Å². The lowest BCUT2D eigenvalue weighted by Crippen LogP contribution is -2.47. The van der Waals surface area contributed by atoms with E-state index in [1.54, 1.807) is 6.20 Å². The Bertz CT molecular complexity index is 801. The maximum atomic E-state index is 12.6. The van der Waals surface area contributed by atoms with Gasteiger partial charge in [0.1, 0.15) is 5.02 Å². The molecule has 6 nitrogen and oxygen atoms in total. The molecular formula is C20H27ClN4O2. The van der Waals surface area contributed by atoms with Gasteiger partial charge in [-0.1, -0.05) is 41.9 Å². The molecule has 1 aliphatic heterocycles. The van der Waals surface area contributed by atoms with E-state index in [9.17, 15) is 4.79 Å². The quantitative estimate of drug-likeness (QED) is 0.758. The lowest BCUT2D eigenvalue weighted by atomic mass is 10.2. The van der Waals surface area contributed by atoms with Crippen LogP contribution in [0.15, 0.2) is 41.3 Å². The van der Waals surface area contributed by atoms with Gasteiger partial charge in [-0.05, 0) is 19.4 Å². The van der Waals surface area contributed by atoms with E-state index in [0.29, 0.717) is 12.2 Å². The van der Waals surface area contributed by atoms with Gasteiger partial charge in [-0.3, -0.25) is 9.69 Å². The topological polar surface area (TPSA) is 50.6 Å². The molecule has 0 saturated carbocycles. The van der Waals surface area contributed by atoms with Crippen LogP contribution in [0.25, 0.3) is 0 Å². The first-order chi connectivity index (χ1) is 12.9. The Morgan fingerprint density at radius 1 is 1.22 bits per heavy atom. The Balaban J connectivity index is 1.65. The molecule has 0 unspecified atom stereocenters. The zero-order valence-electron chi connectivity index (χ0n) is 16.1. The van der Waals surface area contributed by atoms with Crippen LogP contribution in [-0.2, 0) is 11.3 Å². The molecule has 27 heavy (non-hydrogen) atoms. The fourth-order valence-corrected chi connectivity index (χ4v) is 3.76. The van der Waals surface area contributed by atoms with Gasteiger partial charge in [0.05, 0.1) is 30.6 Å². The SMILES string of the molecule is C[C@@H]1CN(CCN(C)c2cnn(Cc3ccccc3)c(=O)c2Cl)C[C@H](C)O1. The summed E-state index contributed by atoms with van der Waals surface area (Å²) in [7, 11) is 1.94. The fourth-order valence-electron chi connectivity index (χ4n) is 3.47. The van der Waals surface area contributed by atoms with Crippen molar-refractivity contribution in [3.05, 3.63) is 57.5 Å². The normalized spacial score (nSPS) is 20.6. The summed E-state index contributed by atoms with van der Waals surface area (Å²) in [5.41, 5.74) is 1.42. The van der Waals surface area contributed by atoms with Gasteiger partial charge in [0.2, 0.25) is 0 Å². The first-order valence-electron chi connectivity index (χ1n) is 9.32. The number of hydrogen-bond acceptors (Lipinski definition) is 5. The Hall–Kier alpha value is -1.89. The summed E-state index contributed by atoms with van der Waals surface area (Å²) in [6.07, 6.45) is 2.16. The molecule has 1 aliphatic rings. The molecule has 0 amide bonds. The minimum atomic E-state index is -0.265. The molecule has 2 heterocycles. The van der Waals surface area contributed by atoms with Gasteiger partial charge in [-0.25, -0.2) is 4.68 Å². The number of likely N-dealkylation sites (N-methyl/N-ethyl adjacent to an activating group) is 1. The number of halogens is 1. The Morgan fingerprint density at radius 2 is 1.89 bits per heavy atom. The number of rotatable bonds is 6. The third kappa shape index (κ3) is 5.09. The van der Waals surface area contributed by atoms with Crippen LogP contribution >= 0.6 is 11.6 Å². The molecule has 0 bridgehead atoms. The smallest absolute Gasteiger partial charge is 0.287 e. The van der Waals surface area contributed by atoms with Crippen molar-refractivity contribution >= 4 is 17.3 Å². The molecule has 2 aromatic rings. The summed E-state index contributed by atoms with van der Waals surface area (Å²) >= 11 is 6.38. The molecule has 1 aromatic carbocycles. The predicted octanol–water partition coefficient (Wildman–Crippen LogP) is 2.49. The fraction of sp³-hybridized carbons (Fsp3) is 0.500. The third-order valence-corrected chi connectivity index (χ3v) is 5.16. The van der Waals surface area contributed by atoms with Crippen molar-refractivity contribution < 1.29 is 4.74 Å². The third-order valence-electron chi connectivity index (χ3n) is 4.80. The molecule has 1 saturated heterocycles. The van der Waals surface area contributed by atoms with Crippen molar-refractivity contribution in [2.75, 3.05) is 38.1 Å². The second-order valence-corrected chi connectivity index (χ2v) is 7.61. The van der Waals surface area contributed by atoms with Gasteiger partial charge in [-0.15, -0.1) is 0 Å². The average Bonchev–Trinajstić information content (AvgIpc) is 2.64. The molecule has 1 aromatic heterocycles. The van der Waals surface area contributed by atoms with E-state index in [4.69, 9.17) is 16.3 Å². The molecule has 0 aliphatic carbocycles. The van der Waals surface area contributed by atoms with Crippen molar-refractivity contribution in [2.45, 2.75) is 32.6 Å². The second-order valence-electron chi connectivity index (χ2n) is 7.23. The van der Waals surface area contributed by atoms with Crippen LogP contribution in [0.3, 0.4) is 0 Å². The molecule has 2 atom stereocenters. The second kappa shape index (κ2) is 8.87. The van der Waals surface area contributed by atoms with E-state index in [-0.39, 0.29) is 22.8 Å². The molecule has 0 spiro atoms. The van der Waals surface area contributed by atoms with Gasteiger partial charge >= 0.3 is 0 Å². The lowest BCUT2D eigenvalue weighted by molar-refractivity contribution is -0.0670. The number of morpholine rings is 1. The summed E-state index contributed by atoms with van der Waals surface area (Å²) in [6.45, 7) is 8.10. The molecule has 3 rings (SSSR count). The summed E-state index contributed by atoms with van der Waals surface area (Å²) in [5, 5.41) is 4.53. The van der Waals surface area contributed by atoms with Crippen LogP contribution in [0.1, 0.15) is 19.4 Å². The van der Waals surface area contributed by atoms with Crippen LogP contribution < -0.4 is 10.5 Å². The minimum Gasteiger partial charge on any atom is -0.373 e. The zero-order chi connectivity index (χ0) is 19.4. The standard InChI is InChI=1S/C20H27ClN4O2/c1-15-12-24(13-16(2)27-15)10-9-23(3)18-11-22-25(20(26)19(18)21)14-17-7-5-4-6-8-17/h4-8,11,15-16H,9-10,12-14H2,1-3H3/t15-,16+. The van der Waals surface area contributed by atoms with E-state index in [0.717, 1.165) is 31.7 Å². The highest BCUT2D eigenvalue weighted by atomic mass is 35.5. The summed E-state index contributed by atoms with van der Waals surface area (Å²) in [4.78, 5) is 17.0. The number of benzene rings is 1. The van der Waals surface area contributed by atoms with Crippen LogP contribution in [-0.4, -0.2) is 60.1 Å². The highest BCUT2D eigenvalue weighted by Gasteiger charge is 2.22. The van der Waals surface area contributed by atoms with Gasteiger partial charge in [0, 0.05) is 33.2 Å². The van der Waals surface area contributed by atoms with E-state index in [2.05, 4.69) is 23.8 Å². The lowest BCUT2D eigenvalue weighted by Gasteiger charge is -2.36. The van der Waals surface area contributed by atoms with Gasteiger partial charge in [0.15, 0.2) is 0 Å². The number of aromatic nitrogens is 2. The Morgan fingerprint density at radius 3 is 2.56 bits per heavy atom. The predicted molar refractivity (Wildman–Crippen MR) is 109 cm³/mol. The Labute approximate surface area is 165 Å². The van der Waals surface area contributed by atoms with Crippen LogP contribution in [0.4, 0.5) is 5.69 Å². The average molecular weight is 391 g/mol. The van der Waals surface area contributed by atoms with Crippen LogP contribution in [0.2, 0.25) is 5.02 Å². The van der Waals surface area contributed by atoms with E-state index >= 15 is 0 Å². The summed E-state index contributed by atoms with van der Waals surface area (Å²) in [5.74, 6) is 0. The summed E-state index contributed by atoms with van der Waals surface area (Å²) < 4.78 is 7.18. The molecular weight excluding hydrogens is 364 g/mol. The van der Waals surface area contributed by atoms with Crippen molar-refractivity contribution in [3.63, 3.8) is 0 Å². The number of nitrogens with zero attached hydrogens (tertiary/aromatic N) is 4. The maximum Gasteiger partial charge on any atom is 0.287 e. The zero-order valence-corrected chi connectivity index (χ0v) is 16.9. The van der Waals surface area contributed by atoms with Crippen molar-refractivity contribution in [1.82, 2.24) is 14.7 Å². The van der Waals surface area contributed by atoms with Crippen LogP contribution in [0, 0.1) is 0 Å². The van der Waals surface area contributed by atoms with E-state index in [1.165, 1.54) is 4.68 Å². The first-order valence-corrected chi connectivity index (χ1v) is 9.70. The maximum absolute atomic E-state index is 12.6. The monoisotopic (exact) mass is 390 g/mol. The van der Waals surface area contributed by atoms with Crippen molar-refractivity contribution in [3.8, 4) is 0 Å². The van der Waals surface area contributed by atoms with Gasteiger partial charge in [-0.2, -0.15) is 5.10 Å². The number of anilines is 1. The summed E-state index contributed by atoms with van der Waals surface area (Å²) in [6, 6.07) is 9.76. The van der Waals surface area contributed by atoms with Crippen LogP contribution in [0.5, 0.6) is 0 Å². The number of ether oxygens (including phenoxy) is 1. The largest absolute Gasteiger partial charge is 0.373 e. The molecule has 0 radical (unpaired) electrons. The molecule has 146 valence electrons. The van der Waals surface area contributed by atoms with E-state index in [1.807, 2.05) is 42.3 Å². The molecule has 7 heteroatoms. The van der Waals surface area contributed by atoms with Gasteiger partial charge < -0.3 is 9.64 Å². The molecule has 1 fully saturated rings. The highest BCUT2D eigenvalue weighted by molar-refractivity contribution is 6.33. The first kappa shape index (κ1) is 19.9. The highest BCUT2D eigenvalue weighted by Crippen LogP contribution is 2.20.